The number of rotatable bonds is 2. The van der Waals surface area contributed by atoms with Gasteiger partial charge in [0.05, 0.1) is 5.92 Å². The molecule has 0 amide bonds. The summed E-state index contributed by atoms with van der Waals surface area (Å²) in [6, 6.07) is 0. The van der Waals surface area contributed by atoms with Gasteiger partial charge in [0, 0.05) is 0 Å². The van der Waals surface area contributed by atoms with Crippen molar-refractivity contribution in [3.8, 4) is 0 Å². The molecule has 1 unspecified atom stereocenters. The minimum absolute atomic E-state index is 0.181. The highest BCUT2D eigenvalue weighted by molar-refractivity contribution is 5.69. The molecular formula is C19H34O2. The van der Waals surface area contributed by atoms with E-state index in [1.807, 2.05) is 6.92 Å². The molecule has 0 aromatic heterocycles. The summed E-state index contributed by atoms with van der Waals surface area (Å²) in [4.78, 5) is 9.93. The molecule has 2 nitrogen and oxygen atoms in total. The van der Waals surface area contributed by atoms with Crippen molar-refractivity contribution in [2.45, 2.75) is 79.6 Å². The molecule has 0 spiro atoms. The maximum absolute atomic E-state index is 9.93. The zero-order valence-corrected chi connectivity index (χ0v) is 14.6. The van der Waals surface area contributed by atoms with Crippen LogP contribution in [-0.4, -0.2) is 11.1 Å². The lowest BCUT2D eigenvalue weighted by atomic mass is 9.43. The molecular weight excluding hydrogens is 260 g/mol. The summed E-state index contributed by atoms with van der Waals surface area (Å²) in [6.07, 6.45) is 10.1. The lowest BCUT2D eigenvalue weighted by Gasteiger charge is -2.62. The third-order valence-corrected chi connectivity index (χ3v) is 6.66. The topological polar surface area (TPSA) is 37.3 Å². The van der Waals surface area contributed by atoms with Gasteiger partial charge in [0.15, 0.2) is 0 Å². The Morgan fingerprint density at radius 2 is 1.48 bits per heavy atom. The van der Waals surface area contributed by atoms with Gasteiger partial charge in [0.25, 0.3) is 0 Å². The smallest absolute Gasteiger partial charge is 0.306 e. The molecule has 4 aliphatic carbocycles. The van der Waals surface area contributed by atoms with Gasteiger partial charge in [-0.1, -0.05) is 34.6 Å². The third kappa shape index (κ3) is 3.46. The second-order valence-corrected chi connectivity index (χ2v) is 9.10. The monoisotopic (exact) mass is 294 g/mol. The van der Waals surface area contributed by atoms with Gasteiger partial charge in [-0.25, -0.2) is 0 Å². The average Bonchev–Trinajstić information content (AvgIpc) is 2.35. The first kappa shape index (κ1) is 16.8. The van der Waals surface area contributed by atoms with Crippen molar-refractivity contribution in [1.29, 1.82) is 0 Å². The zero-order valence-electron chi connectivity index (χ0n) is 14.6. The van der Waals surface area contributed by atoms with E-state index in [1.165, 1.54) is 0 Å². The second-order valence-electron chi connectivity index (χ2n) is 9.10. The van der Waals surface area contributed by atoms with Crippen LogP contribution < -0.4 is 0 Å². The van der Waals surface area contributed by atoms with Crippen LogP contribution in [0.1, 0.15) is 79.6 Å². The fourth-order valence-electron chi connectivity index (χ4n) is 5.20. The van der Waals surface area contributed by atoms with E-state index in [4.69, 9.17) is 5.11 Å². The van der Waals surface area contributed by atoms with E-state index in [1.54, 1.807) is 45.4 Å². The predicted octanol–water partition coefficient (Wildman–Crippen LogP) is 5.37. The van der Waals surface area contributed by atoms with Gasteiger partial charge in [-0.3, -0.25) is 4.79 Å². The molecule has 0 aliphatic heterocycles. The Hall–Kier alpha value is -0.530. The fourth-order valence-corrected chi connectivity index (χ4v) is 5.20. The Morgan fingerprint density at radius 1 is 1.10 bits per heavy atom. The van der Waals surface area contributed by atoms with Gasteiger partial charge >= 0.3 is 5.97 Å². The Balaban J connectivity index is 0.000000199. The summed E-state index contributed by atoms with van der Waals surface area (Å²) >= 11 is 0. The lowest BCUT2D eigenvalue weighted by molar-refractivity contribution is -0.141. The Labute approximate surface area is 130 Å². The van der Waals surface area contributed by atoms with Crippen LogP contribution >= 0.6 is 0 Å². The molecule has 0 radical (unpaired) electrons. The zero-order chi connectivity index (χ0) is 15.8. The third-order valence-electron chi connectivity index (χ3n) is 6.66. The molecule has 0 heterocycles. The summed E-state index contributed by atoms with van der Waals surface area (Å²) in [7, 11) is 0. The lowest BCUT2D eigenvalue weighted by Crippen LogP contribution is -2.51. The molecule has 4 bridgehead atoms. The summed E-state index contributed by atoms with van der Waals surface area (Å²) in [6.45, 7) is 11.0. The average molecular weight is 294 g/mol. The van der Waals surface area contributed by atoms with Crippen LogP contribution in [0.4, 0.5) is 0 Å². The number of hydrogen-bond acceptors (Lipinski definition) is 1. The first-order chi connectivity index (χ1) is 9.67. The van der Waals surface area contributed by atoms with E-state index < -0.39 is 5.97 Å². The van der Waals surface area contributed by atoms with Crippen LogP contribution in [0, 0.1) is 34.5 Å². The van der Waals surface area contributed by atoms with Crippen molar-refractivity contribution >= 4 is 5.97 Å². The molecule has 0 saturated heterocycles. The highest BCUT2D eigenvalue weighted by Crippen LogP contribution is 2.65. The van der Waals surface area contributed by atoms with Gasteiger partial charge < -0.3 is 5.11 Å². The molecule has 0 aromatic rings. The van der Waals surface area contributed by atoms with Crippen molar-refractivity contribution in [2.24, 2.45) is 34.5 Å². The maximum Gasteiger partial charge on any atom is 0.306 e. The van der Waals surface area contributed by atoms with Crippen LogP contribution in [-0.2, 0) is 4.79 Å². The number of carbonyl (C=O) groups is 1. The number of carboxylic acids is 1. The largest absolute Gasteiger partial charge is 0.481 e. The quantitative estimate of drug-likeness (QED) is 0.743. The van der Waals surface area contributed by atoms with Gasteiger partial charge in [-0.2, -0.15) is 0 Å². The van der Waals surface area contributed by atoms with E-state index in [-0.39, 0.29) is 5.92 Å². The van der Waals surface area contributed by atoms with Crippen LogP contribution in [0.15, 0.2) is 0 Å². The molecule has 1 N–H and O–H groups in total. The summed E-state index contributed by atoms with van der Waals surface area (Å²) in [5.41, 5.74) is 1.30. The van der Waals surface area contributed by atoms with E-state index in [0.717, 1.165) is 29.6 Å². The Kier molecular flexibility index (Phi) is 4.75. The van der Waals surface area contributed by atoms with Crippen molar-refractivity contribution in [2.75, 3.05) is 0 Å². The molecule has 21 heavy (non-hydrogen) atoms. The van der Waals surface area contributed by atoms with Crippen molar-refractivity contribution < 1.29 is 9.90 Å². The van der Waals surface area contributed by atoms with Crippen molar-refractivity contribution in [3.63, 3.8) is 0 Å². The van der Waals surface area contributed by atoms with E-state index in [2.05, 4.69) is 20.8 Å². The molecule has 0 aromatic carbocycles. The molecule has 122 valence electrons. The Morgan fingerprint density at radius 3 is 1.67 bits per heavy atom. The molecule has 4 fully saturated rings. The highest BCUT2D eigenvalue weighted by atomic mass is 16.4. The minimum Gasteiger partial charge on any atom is -0.481 e. The van der Waals surface area contributed by atoms with E-state index in [0.29, 0.717) is 5.41 Å². The first-order valence-corrected chi connectivity index (χ1v) is 8.89. The predicted molar refractivity (Wildman–Crippen MR) is 87.2 cm³/mol. The fraction of sp³-hybridized carbons (Fsp3) is 0.947. The summed E-state index contributed by atoms with van der Waals surface area (Å²) in [5.74, 6) is 2.45. The van der Waals surface area contributed by atoms with Crippen LogP contribution in [0.3, 0.4) is 0 Å². The molecule has 4 aliphatic rings. The van der Waals surface area contributed by atoms with E-state index >= 15 is 0 Å². The standard InChI is InChI=1S/C14H24.C5H10O2/c1-13(2,3)14-7-10-4-11(8-14)6-12(5-10)9-14;1-3-4(2)5(6)7/h10-12H,4-9H2,1-3H3;4H,3H2,1-2H3,(H,6,7). The minimum atomic E-state index is -0.706. The number of carboxylic acid groups (broad SMARTS) is 1. The Bertz CT molecular complexity index is 342. The second kappa shape index (κ2) is 5.93. The maximum atomic E-state index is 9.93. The summed E-state index contributed by atoms with van der Waals surface area (Å²) in [5, 5.41) is 8.18. The van der Waals surface area contributed by atoms with Gasteiger partial charge in [-0.05, 0) is 73.5 Å². The van der Waals surface area contributed by atoms with Crippen molar-refractivity contribution in [3.05, 3.63) is 0 Å². The van der Waals surface area contributed by atoms with Crippen molar-refractivity contribution in [1.82, 2.24) is 0 Å². The van der Waals surface area contributed by atoms with Gasteiger partial charge in [0.1, 0.15) is 0 Å². The molecule has 4 saturated carbocycles. The normalized spacial score (nSPS) is 38.6. The summed E-state index contributed by atoms with van der Waals surface area (Å²) < 4.78 is 0. The SMILES string of the molecule is CC(C)(C)C12CC3CC(CC(C3)C1)C2.CCC(C)C(=O)O. The first-order valence-electron chi connectivity index (χ1n) is 8.89. The molecule has 1 atom stereocenters. The van der Waals surface area contributed by atoms with E-state index in [9.17, 15) is 4.79 Å². The van der Waals surface area contributed by atoms with Crippen LogP contribution in [0.25, 0.3) is 0 Å². The molecule has 4 rings (SSSR count). The van der Waals surface area contributed by atoms with Crippen LogP contribution in [0.5, 0.6) is 0 Å². The molecule has 2 heteroatoms. The van der Waals surface area contributed by atoms with Gasteiger partial charge in [0.2, 0.25) is 0 Å². The number of hydrogen-bond donors (Lipinski definition) is 1. The number of aliphatic carboxylic acids is 1. The highest BCUT2D eigenvalue weighted by Gasteiger charge is 2.55. The van der Waals surface area contributed by atoms with Crippen LogP contribution in [0.2, 0.25) is 0 Å². The van der Waals surface area contributed by atoms with Gasteiger partial charge in [-0.15, -0.1) is 0 Å².